The van der Waals surface area contributed by atoms with E-state index in [2.05, 4.69) is 29.2 Å². The van der Waals surface area contributed by atoms with Gasteiger partial charge in [-0.05, 0) is 49.2 Å². The first-order chi connectivity index (χ1) is 14.7. The molecule has 4 aromatic rings. The maximum atomic E-state index is 13.3. The highest BCUT2D eigenvalue weighted by molar-refractivity contribution is 5.90. The summed E-state index contributed by atoms with van der Waals surface area (Å²) < 4.78 is 15.2. The van der Waals surface area contributed by atoms with Crippen LogP contribution in [0.5, 0.6) is 0 Å². The van der Waals surface area contributed by atoms with E-state index in [0.717, 1.165) is 48.3 Å². The molecule has 0 aliphatic carbocycles. The van der Waals surface area contributed by atoms with Crippen molar-refractivity contribution in [3.8, 4) is 5.69 Å². The molecule has 0 bridgehead atoms. The highest BCUT2D eigenvalue weighted by atomic mass is 19.1. The maximum absolute atomic E-state index is 13.3. The molecule has 6 nitrogen and oxygen atoms in total. The third-order valence-corrected chi connectivity index (χ3v) is 4.79. The molecule has 0 atom stereocenters. The second-order valence-electron chi connectivity index (χ2n) is 7.12. The lowest BCUT2D eigenvalue weighted by atomic mass is 10.3. The van der Waals surface area contributed by atoms with Gasteiger partial charge in [0.25, 0.3) is 0 Å². The van der Waals surface area contributed by atoms with Gasteiger partial charge < -0.3 is 10.2 Å². The van der Waals surface area contributed by atoms with Gasteiger partial charge in [-0.25, -0.2) is 9.07 Å². The molecule has 2 heterocycles. The zero-order chi connectivity index (χ0) is 20.9. The van der Waals surface area contributed by atoms with Crippen LogP contribution in [0, 0.1) is 5.82 Å². The summed E-state index contributed by atoms with van der Waals surface area (Å²) in [6.45, 7) is 6.03. The molecule has 0 saturated carbocycles. The zero-order valence-electron chi connectivity index (χ0n) is 17.2. The Labute approximate surface area is 175 Å². The number of hydrogen-bond acceptors (Lipinski definition) is 5. The minimum Gasteiger partial charge on any atom is -0.341 e. The van der Waals surface area contributed by atoms with Gasteiger partial charge in [-0.2, -0.15) is 15.1 Å². The first-order valence-corrected chi connectivity index (χ1v) is 10.3. The van der Waals surface area contributed by atoms with Crippen molar-refractivity contribution in [2.45, 2.75) is 26.7 Å². The number of benzene rings is 2. The van der Waals surface area contributed by atoms with Crippen LogP contribution in [0.25, 0.3) is 16.7 Å². The molecule has 0 saturated heterocycles. The minimum absolute atomic E-state index is 0.275. The van der Waals surface area contributed by atoms with Crippen LogP contribution >= 0.6 is 0 Å². The summed E-state index contributed by atoms with van der Waals surface area (Å²) in [7, 11) is 0. The lowest BCUT2D eigenvalue weighted by Gasteiger charge is -2.22. The van der Waals surface area contributed by atoms with Gasteiger partial charge >= 0.3 is 0 Å². The molecule has 30 heavy (non-hydrogen) atoms. The van der Waals surface area contributed by atoms with Crippen LogP contribution in [0.2, 0.25) is 0 Å². The molecule has 0 fully saturated rings. The van der Waals surface area contributed by atoms with Crippen molar-refractivity contribution in [1.82, 2.24) is 19.7 Å². The molecule has 4 rings (SSSR count). The lowest BCUT2D eigenvalue weighted by molar-refractivity contribution is 0.628. The first kappa shape index (κ1) is 19.8. The van der Waals surface area contributed by atoms with E-state index in [1.54, 1.807) is 18.3 Å². The maximum Gasteiger partial charge on any atom is 0.229 e. The summed E-state index contributed by atoms with van der Waals surface area (Å²) in [5.41, 5.74) is 2.42. The number of nitrogens with zero attached hydrogens (tertiary/aromatic N) is 5. The van der Waals surface area contributed by atoms with E-state index in [4.69, 9.17) is 9.97 Å². The summed E-state index contributed by atoms with van der Waals surface area (Å²) in [5.74, 6) is 1.04. The van der Waals surface area contributed by atoms with Crippen LogP contribution < -0.4 is 10.2 Å². The number of aromatic nitrogens is 4. The van der Waals surface area contributed by atoms with Crippen molar-refractivity contribution in [2.24, 2.45) is 0 Å². The third kappa shape index (κ3) is 4.10. The Morgan fingerprint density at radius 2 is 1.63 bits per heavy atom. The number of nitrogens with one attached hydrogen (secondary N) is 1. The van der Waals surface area contributed by atoms with Crippen molar-refractivity contribution in [2.75, 3.05) is 23.3 Å². The normalized spacial score (nSPS) is 11.0. The molecule has 0 aliphatic heterocycles. The summed E-state index contributed by atoms with van der Waals surface area (Å²) in [5, 5.41) is 8.70. The summed E-state index contributed by atoms with van der Waals surface area (Å²) >= 11 is 0. The average molecular weight is 404 g/mol. The smallest absolute Gasteiger partial charge is 0.229 e. The summed E-state index contributed by atoms with van der Waals surface area (Å²) in [4.78, 5) is 11.9. The van der Waals surface area contributed by atoms with Gasteiger partial charge in [0.2, 0.25) is 5.95 Å². The zero-order valence-corrected chi connectivity index (χ0v) is 17.2. The molecule has 1 N–H and O–H groups in total. The Morgan fingerprint density at radius 1 is 0.933 bits per heavy atom. The fourth-order valence-electron chi connectivity index (χ4n) is 3.41. The Balaban J connectivity index is 1.85. The third-order valence-electron chi connectivity index (χ3n) is 4.79. The van der Waals surface area contributed by atoms with Gasteiger partial charge in [-0.1, -0.05) is 32.0 Å². The van der Waals surface area contributed by atoms with Gasteiger partial charge in [0, 0.05) is 18.8 Å². The summed E-state index contributed by atoms with van der Waals surface area (Å²) in [6, 6.07) is 16.2. The Hall–Kier alpha value is -3.48. The van der Waals surface area contributed by atoms with Crippen LogP contribution in [0.3, 0.4) is 0 Å². The second-order valence-corrected chi connectivity index (χ2v) is 7.12. The number of anilines is 3. The molecular formula is C23H25FN6. The highest BCUT2D eigenvalue weighted by Crippen LogP contribution is 2.28. The van der Waals surface area contributed by atoms with Gasteiger partial charge in [0.1, 0.15) is 11.6 Å². The molecule has 2 aromatic heterocycles. The minimum atomic E-state index is -0.275. The van der Waals surface area contributed by atoms with Crippen molar-refractivity contribution in [3.05, 3.63) is 66.6 Å². The van der Waals surface area contributed by atoms with Gasteiger partial charge in [0.15, 0.2) is 5.65 Å². The van der Waals surface area contributed by atoms with E-state index in [1.165, 1.54) is 12.1 Å². The molecule has 0 radical (unpaired) electrons. The monoisotopic (exact) mass is 404 g/mol. The van der Waals surface area contributed by atoms with E-state index >= 15 is 0 Å². The van der Waals surface area contributed by atoms with Crippen LogP contribution in [-0.4, -0.2) is 32.8 Å². The van der Waals surface area contributed by atoms with Crippen molar-refractivity contribution in [1.29, 1.82) is 0 Å². The number of hydrogen-bond donors (Lipinski definition) is 1. The SMILES string of the molecule is CCCN(CCC)c1nc(Nc2ccc(F)cc2)c2cnn(-c3ccccc3)c2n1. The van der Waals surface area contributed by atoms with E-state index in [0.29, 0.717) is 11.8 Å². The van der Waals surface area contributed by atoms with Crippen molar-refractivity contribution in [3.63, 3.8) is 0 Å². The Morgan fingerprint density at radius 3 is 2.30 bits per heavy atom. The molecule has 0 aliphatic rings. The van der Waals surface area contributed by atoms with Crippen molar-refractivity contribution >= 4 is 28.5 Å². The number of halogens is 1. The fourth-order valence-corrected chi connectivity index (χ4v) is 3.41. The topological polar surface area (TPSA) is 58.9 Å². The highest BCUT2D eigenvalue weighted by Gasteiger charge is 2.17. The molecular weight excluding hydrogens is 379 g/mol. The predicted octanol–water partition coefficient (Wildman–Crippen LogP) is 5.32. The van der Waals surface area contributed by atoms with Crippen LogP contribution in [0.1, 0.15) is 26.7 Å². The predicted molar refractivity (Wildman–Crippen MR) is 119 cm³/mol. The van der Waals surface area contributed by atoms with Crippen LogP contribution in [-0.2, 0) is 0 Å². The van der Waals surface area contributed by atoms with Crippen LogP contribution in [0.4, 0.5) is 21.8 Å². The van der Waals surface area contributed by atoms with E-state index in [9.17, 15) is 4.39 Å². The number of para-hydroxylation sites is 1. The van der Waals surface area contributed by atoms with E-state index in [1.807, 2.05) is 35.0 Å². The van der Waals surface area contributed by atoms with Crippen LogP contribution in [0.15, 0.2) is 60.8 Å². The standard InChI is InChI=1S/C23H25FN6/c1-3-14-29(15-4-2)23-27-21(26-18-12-10-17(24)11-13-18)20-16-25-30(22(20)28-23)19-8-6-5-7-9-19/h5-13,16H,3-4,14-15H2,1-2H3,(H,26,27,28). The lowest BCUT2D eigenvalue weighted by Crippen LogP contribution is -2.27. The number of fused-ring (bicyclic) bond motifs is 1. The molecule has 0 unspecified atom stereocenters. The van der Waals surface area contributed by atoms with Gasteiger partial charge in [-0.3, -0.25) is 0 Å². The molecule has 7 heteroatoms. The quantitative estimate of drug-likeness (QED) is 0.430. The Bertz CT molecular complexity index is 1100. The summed E-state index contributed by atoms with van der Waals surface area (Å²) in [6.07, 6.45) is 3.77. The van der Waals surface area contributed by atoms with Crippen molar-refractivity contribution < 1.29 is 4.39 Å². The number of rotatable bonds is 8. The molecule has 0 amide bonds. The Kier molecular flexibility index (Phi) is 5.88. The largest absolute Gasteiger partial charge is 0.341 e. The average Bonchev–Trinajstić information content (AvgIpc) is 3.20. The first-order valence-electron chi connectivity index (χ1n) is 10.3. The second kappa shape index (κ2) is 8.90. The molecule has 154 valence electrons. The van der Waals surface area contributed by atoms with Gasteiger partial charge in [0.05, 0.1) is 17.3 Å². The van der Waals surface area contributed by atoms with E-state index in [-0.39, 0.29) is 5.82 Å². The van der Waals surface area contributed by atoms with E-state index < -0.39 is 0 Å². The fraction of sp³-hybridized carbons (Fsp3) is 0.261. The van der Waals surface area contributed by atoms with Gasteiger partial charge in [-0.15, -0.1) is 0 Å². The molecule has 2 aromatic carbocycles. The molecule has 0 spiro atoms.